The third kappa shape index (κ3) is 12.5. The molecule has 0 aliphatic carbocycles. The zero-order valence-corrected chi connectivity index (χ0v) is 35.8. The molecule has 0 saturated carbocycles. The zero-order chi connectivity index (χ0) is 28.3. The first-order chi connectivity index (χ1) is 15.3. The summed E-state index contributed by atoms with van der Waals surface area (Å²) in [5.74, 6) is 0. The van der Waals surface area contributed by atoms with Crippen LogP contribution in [0.2, 0.25) is 112 Å². The van der Waals surface area contributed by atoms with Crippen LogP contribution in [0.3, 0.4) is 0 Å². The van der Waals surface area contributed by atoms with Crippen LogP contribution in [0.1, 0.15) is 41.5 Å². The molecule has 1 nitrogen and oxygen atoms in total. The lowest BCUT2D eigenvalue weighted by atomic mass is 10.6. The van der Waals surface area contributed by atoms with E-state index in [4.69, 9.17) is 0 Å². The standard InChI is InChI=1S/C26H68NSi8/c1-19-27(20-2)29(35(26(5)6,23-32(13,14)15)24-33(16,17)18)28-34(25(3)4,21-30(7,8)9)22-31(10,11)12/h25-26H,19-24H2,1-18H3. The molecule has 9 heteroatoms. The van der Waals surface area contributed by atoms with Gasteiger partial charge in [0.25, 0.3) is 0 Å². The Hall–Kier alpha value is 1.54. The van der Waals surface area contributed by atoms with Crippen molar-refractivity contribution in [2.45, 2.75) is 154 Å². The maximum Gasteiger partial charge on any atom is 0.0811 e. The average Bonchev–Trinajstić information content (AvgIpc) is 2.55. The van der Waals surface area contributed by atoms with Crippen LogP contribution < -0.4 is 0 Å². The maximum atomic E-state index is 3.16. The molecule has 1 radical (unpaired) electrons. The smallest absolute Gasteiger partial charge is 0.0811 e. The van der Waals surface area contributed by atoms with Crippen molar-refractivity contribution in [2.24, 2.45) is 0 Å². The van der Waals surface area contributed by atoms with Crippen molar-refractivity contribution < 1.29 is 0 Å². The summed E-state index contributed by atoms with van der Waals surface area (Å²) < 4.78 is 3.16. The second-order valence-electron chi connectivity index (χ2n) is 17.2. The SMILES string of the molecule is CCN(CC)[Si](=[Si][Si](C[Si](C)(C)C)(C[Si](C)(C)C)C(C)C)[Si](C[Si](C)(C)C)(C[Si](C)(C)C)C(C)C. The lowest BCUT2D eigenvalue weighted by Crippen LogP contribution is -2.67. The summed E-state index contributed by atoms with van der Waals surface area (Å²) in [6.07, 6.45) is 0. The molecule has 0 aromatic heterocycles. The molecular formula is C26H68NSi8. The highest BCUT2D eigenvalue weighted by atomic mass is 29.6. The minimum atomic E-state index is -1.46. The average molecular weight is 620 g/mol. The molecule has 0 saturated heterocycles. The molecule has 0 rings (SSSR count). The van der Waals surface area contributed by atoms with E-state index in [0.717, 1.165) is 11.1 Å². The van der Waals surface area contributed by atoms with Gasteiger partial charge in [0.15, 0.2) is 0 Å². The van der Waals surface area contributed by atoms with Crippen molar-refractivity contribution in [3.8, 4) is 0 Å². The van der Waals surface area contributed by atoms with Gasteiger partial charge in [-0.2, -0.15) is 0 Å². The summed E-state index contributed by atoms with van der Waals surface area (Å²) in [5, 5.41) is 0. The van der Waals surface area contributed by atoms with E-state index in [1.54, 1.807) is 22.7 Å². The Bertz CT molecular complexity index is 639. The van der Waals surface area contributed by atoms with Crippen LogP contribution in [0.25, 0.3) is 0 Å². The quantitative estimate of drug-likeness (QED) is 0.165. The van der Waals surface area contributed by atoms with Crippen molar-refractivity contribution in [2.75, 3.05) is 13.1 Å². The topological polar surface area (TPSA) is 3.24 Å². The monoisotopic (exact) mass is 618 g/mol. The molecule has 0 heterocycles. The Kier molecular flexibility index (Phi) is 13.8. The van der Waals surface area contributed by atoms with Crippen LogP contribution in [-0.2, 0) is 0 Å². The fourth-order valence-electron chi connectivity index (χ4n) is 6.69. The summed E-state index contributed by atoms with van der Waals surface area (Å²) >= 11 is 0. The predicted molar refractivity (Wildman–Crippen MR) is 189 cm³/mol. The van der Waals surface area contributed by atoms with Crippen molar-refractivity contribution >= 4 is 63.2 Å². The molecule has 0 fully saturated rings. The molecule has 35 heavy (non-hydrogen) atoms. The highest BCUT2D eigenvalue weighted by molar-refractivity contribution is 7.53. The lowest BCUT2D eigenvalue weighted by molar-refractivity contribution is 0.497. The van der Waals surface area contributed by atoms with Crippen molar-refractivity contribution in [1.82, 2.24) is 4.57 Å². The van der Waals surface area contributed by atoms with Crippen molar-refractivity contribution in [1.29, 1.82) is 0 Å². The minimum absolute atomic E-state index is 0.516. The summed E-state index contributed by atoms with van der Waals surface area (Å²) in [5.41, 5.74) is 8.68. The highest BCUT2D eigenvalue weighted by Gasteiger charge is 2.51. The normalized spacial score (nSPS) is 15.4. The van der Waals surface area contributed by atoms with Crippen LogP contribution in [0, 0.1) is 0 Å². The number of hydrogen-bond donors (Lipinski definition) is 0. The highest BCUT2D eigenvalue weighted by Crippen LogP contribution is 2.40. The van der Waals surface area contributed by atoms with Gasteiger partial charge in [0.2, 0.25) is 0 Å². The third-order valence-electron chi connectivity index (χ3n) is 7.51. The predicted octanol–water partition coefficient (Wildman–Crippen LogP) is 9.32. The number of nitrogens with zero attached hydrogens (tertiary/aromatic N) is 1. The number of hydrogen-bond acceptors (Lipinski definition) is 1. The van der Waals surface area contributed by atoms with Gasteiger partial charge in [0, 0.05) is 53.5 Å². The van der Waals surface area contributed by atoms with Gasteiger partial charge < -0.3 is 4.57 Å². The van der Waals surface area contributed by atoms with Gasteiger partial charge in [0.05, 0.1) is 22.8 Å². The minimum Gasteiger partial charge on any atom is -0.413 e. The van der Waals surface area contributed by atoms with Crippen molar-refractivity contribution in [3.05, 3.63) is 0 Å². The summed E-state index contributed by atoms with van der Waals surface area (Å²) in [6, 6.07) is 0. The fourth-order valence-corrected chi connectivity index (χ4v) is 121. The van der Waals surface area contributed by atoms with Gasteiger partial charge in [-0.3, -0.25) is 0 Å². The summed E-state index contributed by atoms with van der Waals surface area (Å²) in [4.78, 5) is 0. The first-order valence-electron chi connectivity index (χ1n) is 14.7. The van der Waals surface area contributed by atoms with E-state index in [9.17, 15) is 0 Å². The van der Waals surface area contributed by atoms with Crippen molar-refractivity contribution in [3.63, 3.8) is 0 Å². The van der Waals surface area contributed by atoms with Gasteiger partial charge in [-0.25, -0.2) is 0 Å². The van der Waals surface area contributed by atoms with E-state index in [0.29, 0.717) is 0 Å². The van der Waals surface area contributed by atoms with Gasteiger partial charge in [-0.05, 0) is 19.4 Å². The van der Waals surface area contributed by atoms with Gasteiger partial charge in [-0.1, -0.05) is 134 Å². The van der Waals surface area contributed by atoms with E-state index >= 15 is 0 Å². The van der Waals surface area contributed by atoms with Crippen LogP contribution in [0.15, 0.2) is 0 Å². The van der Waals surface area contributed by atoms with Crippen LogP contribution in [-0.4, -0.2) is 80.8 Å². The van der Waals surface area contributed by atoms with Gasteiger partial charge in [0.1, 0.15) is 0 Å². The summed E-state index contributed by atoms with van der Waals surface area (Å²) in [7, 11) is -6.60. The molecule has 0 atom stereocenters. The van der Waals surface area contributed by atoms with E-state index in [-0.39, 0.29) is 0 Å². The molecule has 0 N–H and O–H groups in total. The Labute approximate surface area is 233 Å². The first-order valence-corrected chi connectivity index (χ1v) is 40.0. The van der Waals surface area contributed by atoms with E-state index in [2.05, 4.69) is 125 Å². The van der Waals surface area contributed by atoms with Crippen LogP contribution >= 0.6 is 0 Å². The van der Waals surface area contributed by atoms with E-state index < -0.39 is 55.0 Å². The zero-order valence-electron chi connectivity index (χ0n) is 27.8. The molecule has 0 spiro atoms. The van der Waals surface area contributed by atoms with E-state index in [1.807, 2.05) is 0 Å². The molecule has 0 unspecified atom stereocenters. The fraction of sp³-hybridized carbons (Fsp3) is 1.00. The Morgan fingerprint density at radius 1 is 0.543 bits per heavy atom. The molecule has 0 aromatic rings. The van der Waals surface area contributed by atoms with Gasteiger partial charge in [-0.15, -0.1) is 0 Å². The first kappa shape index (κ1) is 36.5. The molecule has 0 amide bonds. The second-order valence-corrected chi connectivity index (χ2v) is 65.2. The Balaban J connectivity index is 7.75. The van der Waals surface area contributed by atoms with Gasteiger partial charge >= 0.3 is 0 Å². The molecule has 0 aromatic carbocycles. The largest absolute Gasteiger partial charge is 0.413 e. The lowest BCUT2D eigenvalue weighted by Gasteiger charge is -2.50. The molecule has 209 valence electrons. The molecule has 0 aliphatic rings. The molecule has 0 bridgehead atoms. The maximum absolute atomic E-state index is 3.16. The van der Waals surface area contributed by atoms with Crippen LogP contribution in [0.4, 0.5) is 0 Å². The Morgan fingerprint density at radius 2 is 0.857 bits per heavy atom. The van der Waals surface area contributed by atoms with E-state index in [1.165, 1.54) is 21.2 Å². The molecule has 0 aliphatic heterocycles. The third-order valence-corrected chi connectivity index (χ3v) is 73.2. The van der Waals surface area contributed by atoms with Crippen LogP contribution in [0.5, 0.6) is 0 Å². The molecular weight excluding hydrogens is 551 g/mol. The second kappa shape index (κ2) is 13.3. The summed E-state index contributed by atoms with van der Waals surface area (Å²) in [6.45, 7) is 50.9. The Morgan fingerprint density at radius 3 is 1.06 bits per heavy atom. The number of rotatable bonds is 15.